The summed E-state index contributed by atoms with van der Waals surface area (Å²) in [5, 5.41) is 2.40. The molecular weight excluding hydrogens is 333 g/mol. The Kier molecular flexibility index (Phi) is 4.19. The van der Waals surface area contributed by atoms with Crippen molar-refractivity contribution in [2.24, 2.45) is 0 Å². The topological polar surface area (TPSA) is 68.5 Å². The molecule has 1 amide bonds. The Hall–Kier alpha value is -2.15. The normalized spacial score (nSPS) is 10.2. The molecule has 20 heavy (non-hydrogen) atoms. The van der Waals surface area contributed by atoms with Crippen molar-refractivity contribution in [1.29, 1.82) is 0 Å². The summed E-state index contributed by atoms with van der Waals surface area (Å²) in [6, 6.07) is 6.35. The molecule has 0 saturated carbocycles. The van der Waals surface area contributed by atoms with Crippen LogP contribution in [0.3, 0.4) is 0 Å². The van der Waals surface area contributed by atoms with Crippen LogP contribution in [-0.4, -0.2) is 19.0 Å². The molecule has 5 nitrogen and oxygen atoms in total. The number of methoxy groups -OCH3 is 1. The summed E-state index contributed by atoms with van der Waals surface area (Å²) in [6.07, 6.45) is 0. The van der Waals surface area contributed by atoms with E-state index in [1.54, 1.807) is 6.07 Å². The number of carbonyl (C=O) groups is 2. The molecule has 1 aromatic heterocycles. The zero-order chi connectivity index (χ0) is 14.7. The molecule has 0 saturated heterocycles. The second-order valence-corrected chi connectivity index (χ2v) is 4.52. The first kappa shape index (κ1) is 14.3. The van der Waals surface area contributed by atoms with Crippen molar-refractivity contribution in [1.82, 2.24) is 0 Å². The third kappa shape index (κ3) is 3.05. The molecule has 0 aliphatic rings. The van der Waals surface area contributed by atoms with Gasteiger partial charge in [0.2, 0.25) is 0 Å². The molecule has 0 bridgehead atoms. The third-order valence-corrected chi connectivity index (χ3v) is 2.86. The van der Waals surface area contributed by atoms with E-state index in [-0.39, 0.29) is 17.0 Å². The second kappa shape index (κ2) is 5.87. The average molecular weight is 342 g/mol. The lowest BCUT2D eigenvalue weighted by Gasteiger charge is -2.08. The highest BCUT2D eigenvalue weighted by Crippen LogP contribution is 2.20. The van der Waals surface area contributed by atoms with E-state index in [1.165, 1.54) is 19.2 Å². The molecule has 0 fully saturated rings. The Bertz CT molecular complexity index is 668. The maximum Gasteiger partial charge on any atom is 0.339 e. The van der Waals surface area contributed by atoms with Crippen LogP contribution in [0.4, 0.5) is 10.1 Å². The van der Waals surface area contributed by atoms with Crippen LogP contribution < -0.4 is 5.32 Å². The summed E-state index contributed by atoms with van der Waals surface area (Å²) in [5.74, 6) is -1.85. The van der Waals surface area contributed by atoms with E-state index >= 15 is 0 Å². The number of hydrogen-bond acceptors (Lipinski definition) is 4. The van der Waals surface area contributed by atoms with Gasteiger partial charge in [0.05, 0.1) is 18.4 Å². The fraction of sp³-hybridized carbons (Fsp3) is 0.0769. The molecule has 0 unspecified atom stereocenters. The van der Waals surface area contributed by atoms with Gasteiger partial charge in [-0.3, -0.25) is 4.79 Å². The first-order chi connectivity index (χ1) is 9.51. The number of furan rings is 1. The zero-order valence-electron chi connectivity index (χ0n) is 10.3. The van der Waals surface area contributed by atoms with Crippen molar-refractivity contribution in [2.45, 2.75) is 0 Å². The van der Waals surface area contributed by atoms with Crippen LogP contribution in [0.25, 0.3) is 0 Å². The van der Waals surface area contributed by atoms with Gasteiger partial charge in [-0.25, -0.2) is 9.18 Å². The Morgan fingerprint density at radius 3 is 2.65 bits per heavy atom. The second-order valence-electron chi connectivity index (χ2n) is 3.74. The van der Waals surface area contributed by atoms with Crippen LogP contribution in [0, 0.1) is 5.82 Å². The van der Waals surface area contributed by atoms with Crippen molar-refractivity contribution in [3.63, 3.8) is 0 Å². The molecular formula is C13H9BrFNO4. The van der Waals surface area contributed by atoms with Crippen LogP contribution in [0.5, 0.6) is 0 Å². The van der Waals surface area contributed by atoms with E-state index in [2.05, 4.69) is 26.0 Å². The lowest BCUT2D eigenvalue weighted by Crippen LogP contribution is -2.15. The Balaban J connectivity index is 2.30. The molecule has 1 heterocycles. The summed E-state index contributed by atoms with van der Waals surface area (Å²) in [4.78, 5) is 23.4. The molecule has 0 radical (unpaired) electrons. The van der Waals surface area contributed by atoms with Crippen LogP contribution in [0.2, 0.25) is 0 Å². The smallest absolute Gasteiger partial charge is 0.339 e. The standard InChI is InChI=1S/C13H9BrFNO4/c1-19-13(18)8-3-2-7(15)6-9(8)16-12(17)10-4-5-11(14)20-10/h2-6H,1H3,(H,16,17). The Labute approximate surface area is 121 Å². The molecule has 1 N–H and O–H groups in total. The molecule has 2 rings (SSSR count). The molecule has 104 valence electrons. The average Bonchev–Trinajstić information content (AvgIpc) is 2.85. The van der Waals surface area contributed by atoms with E-state index in [4.69, 9.17) is 4.42 Å². The van der Waals surface area contributed by atoms with Gasteiger partial charge in [0, 0.05) is 0 Å². The molecule has 0 spiro atoms. The van der Waals surface area contributed by atoms with Crippen LogP contribution in [0.1, 0.15) is 20.9 Å². The van der Waals surface area contributed by atoms with E-state index in [9.17, 15) is 14.0 Å². The van der Waals surface area contributed by atoms with Crippen molar-refractivity contribution in [2.75, 3.05) is 12.4 Å². The third-order valence-electron chi connectivity index (χ3n) is 2.43. The van der Waals surface area contributed by atoms with Crippen molar-refractivity contribution >= 4 is 33.5 Å². The maximum atomic E-state index is 13.2. The summed E-state index contributed by atoms with van der Waals surface area (Å²) >= 11 is 3.07. The minimum absolute atomic E-state index is 0.00868. The number of amides is 1. The minimum Gasteiger partial charge on any atom is -0.465 e. The fourth-order valence-corrected chi connectivity index (χ4v) is 1.83. The first-order valence-electron chi connectivity index (χ1n) is 5.46. The Morgan fingerprint density at radius 1 is 1.30 bits per heavy atom. The Morgan fingerprint density at radius 2 is 2.05 bits per heavy atom. The monoisotopic (exact) mass is 341 g/mol. The summed E-state index contributed by atoms with van der Waals surface area (Å²) in [6.45, 7) is 0. The maximum absolute atomic E-state index is 13.2. The predicted octanol–water partition coefficient (Wildman–Crippen LogP) is 3.22. The fourth-order valence-electron chi connectivity index (χ4n) is 1.53. The van der Waals surface area contributed by atoms with Gasteiger partial charge in [-0.15, -0.1) is 0 Å². The van der Waals surface area contributed by atoms with Gasteiger partial charge in [0.25, 0.3) is 5.91 Å². The highest BCUT2D eigenvalue weighted by Gasteiger charge is 2.17. The number of rotatable bonds is 3. The number of benzene rings is 1. The van der Waals surface area contributed by atoms with E-state index in [0.717, 1.165) is 12.1 Å². The van der Waals surface area contributed by atoms with Gasteiger partial charge >= 0.3 is 5.97 Å². The predicted molar refractivity (Wildman–Crippen MR) is 72.1 cm³/mol. The summed E-state index contributed by atoms with van der Waals surface area (Å²) in [7, 11) is 1.20. The van der Waals surface area contributed by atoms with Gasteiger partial charge in [-0.05, 0) is 46.3 Å². The molecule has 7 heteroatoms. The number of carbonyl (C=O) groups excluding carboxylic acids is 2. The summed E-state index contributed by atoms with van der Waals surface area (Å²) in [5.41, 5.74) is 0.0576. The zero-order valence-corrected chi connectivity index (χ0v) is 11.9. The van der Waals surface area contributed by atoms with Crippen LogP contribution in [-0.2, 0) is 4.74 Å². The van der Waals surface area contributed by atoms with Gasteiger partial charge in [-0.1, -0.05) is 0 Å². The largest absolute Gasteiger partial charge is 0.465 e. The van der Waals surface area contributed by atoms with E-state index in [0.29, 0.717) is 4.67 Å². The first-order valence-corrected chi connectivity index (χ1v) is 6.25. The quantitative estimate of drug-likeness (QED) is 0.870. The number of nitrogens with one attached hydrogen (secondary N) is 1. The SMILES string of the molecule is COC(=O)c1ccc(F)cc1NC(=O)c1ccc(Br)o1. The lowest BCUT2D eigenvalue weighted by molar-refractivity contribution is 0.0602. The number of esters is 1. The van der Waals surface area contributed by atoms with Gasteiger partial charge < -0.3 is 14.5 Å². The van der Waals surface area contributed by atoms with Crippen LogP contribution in [0.15, 0.2) is 39.4 Å². The van der Waals surface area contributed by atoms with E-state index in [1.807, 2.05) is 0 Å². The number of ether oxygens (including phenoxy) is 1. The van der Waals surface area contributed by atoms with Crippen molar-refractivity contribution in [3.05, 3.63) is 52.1 Å². The van der Waals surface area contributed by atoms with E-state index < -0.39 is 17.7 Å². The molecule has 0 aliphatic carbocycles. The number of hydrogen-bond donors (Lipinski definition) is 1. The highest BCUT2D eigenvalue weighted by molar-refractivity contribution is 9.10. The molecule has 0 aliphatic heterocycles. The molecule has 1 aromatic carbocycles. The molecule has 2 aromatic rings. The van der Waals surface area contributed by atoms with Gasteiger partial charge in [0.15, 0.2) is 10.4 Å². The van der Waals surface area contributed by atoms with Crippen molar-refractivity contribution < 1.29 is 23.1 Å². The van der Waals surface area contributed by atoms with Crippen molar-refractivity contribution in [3.8, 4) is 0 Å². The number of halogens is 2. The van der Waals surface area contributed by atoms with Gasteiger partial charge in [-0.2, -0.15) is 0 Å². The molecule has 0 atom stereocenters. The number of anilines is 1. The van der Waals surface area contributed by atoms with Crippen LogP contribution >= 0.6 is 15.9 Å². The minimum atomic E-state index is -0.680. The lowest BCUT2D eigenvalue weighted by atomic mass is 10.1. The van der Waals surface area contributed by atoms with Gasteiger partial charge in [0.1, 0.15) is 5.82 Å². The summed E-state index contributed by atoms with van der Waals surface area (Å²) < 4.78 is 23.3. The highest BCUT2D eigenvalue weighted by atomic mass is 79.9.